The van der Waals surface area contributed by atoms with Crippen molar-refractivity contribution in [2.45, 2.75) is 180 Å². The van der Waals surface area contributed by atoms with Gasteiger partial charge in [-0.3, -0.25) is 9.59 Å². The molecule has 0 aromatic rings. The van der Waals surface area contributed by atoms with Gasteiger partial charge in [-0.2, -0.15) is 0 Å². The van der Waals surface area contributed by atoms with Gasteiger partial charge in [0.15, 0.2) is 30.8 Å². The summed E-state index contributed by atoms with van der Waals surface area (Å²) >= 11 is 0. The molecule has 2 heterocycles. The first-order valence-electron chi connectivity index (χ1n) is 20.9. The highest BCUT2D eigenvalue weighted by atomic mass is 16.8. The Labute approximate surface area is 338 Å². The second kappa shape index (κ2) is 14.5. The second-order valence-corrected chi connectivity index (χ2v) is 20.7. The number of aliphatic hydroxyl groups is 7. The molecule has 2 saturated heterocycles. The van der Waals surface area contributed by atoms with E-state index in [1.54, 1.807) is 0 Å². The van der Waals surface area contributed by atoms with E-state index < -0.39 is 107 Å². The van der Waals surface area contributed by atoms with E-state index in [0.29, 0.717) is 25.7 Å². The van der Waals surface area contributed by atoms with Crippen LogP contribution in [0.4, 0.5) is 0 Å². The summed E-state index contributed by atoms with van der Waals surface area (Å²) in [5.74, 6) is -2.81. The summed E-state index contributed by atoms with van der Waals surface area (Å²) < 4.78 is 23.6. The average Bonchev–Trinajstić information content (AvgIpc) is 3.13. The van der Waals surface area contributed by atoms with Crippen molar-refractivity contribution in [1.29, 1.82) is 0 Å². The van der Waals surface area contributed by atoms with Gasteiger partial charge in [0.1, 0.15) is 42.7 Å². The third-order valence-corrected chi connectivity index (χ3v) is 17.3. The Balaban J connectivity index is 1.17. The predicted molar refractivity (Wildman–Crippen MR) is 200 cm³/mol. The average molecular weight is 825 g/mol. The molecule has 0 radical (unpaired) electrons. The summed E-state index contributed by atoms with van der Waals surface area (Å²) in [6, 6.07) is 0. The lowest BCUT2D eigenvalue weighted by Gasteiger charge is -2.70. The number of aliphatic carboxylic acids is 2. The SMILES string of the molecule is CC1(C)[C@@H](OC2O[C@H](C(O)O)[C@@H](O)[C@H](O)[C@H]2O[C@@H]2O[C@H](C(=O)O)[C@@H](O)[C@H](O)[C@H]2O)CC[C@]2(C)[C@H]3C(=O)C=C4[C@@H]5C[C@@](C)(C(=O)O)CC[C@]5(C)CC[C@@]4(C)[C@]3(C)CC[C@@H]12. The molecule has 6 fully saturated rings. The zero-order valence-electron chi connectivity index (χ0n) is 34.5. The van der Waals surface area contributed by atoms with Crippen LogP contribution in [0.3, 0.4) is 0 Å². The molecule has 16 nitrogen and oxygen atoms in total. The fraction of sp³-hybridized carbons (Fsp3) is 0.881. The molecule has 7 aliphatic rings. The van der Waals surface area contributed by atoms with Gasteiger partial charge in [-0.05, 0) is 110 Å². The van der Waals surface area contributed by atoms with Gasteiger partial charge >= 0.3 is 11.9 Å². The first kappa shape index (κ1) is 44.0. The van der Waals surface area contributed by atoms with Gasteiger partial charge in [0, 0.05) is 5.92 Å². The van der Waals surface area contributed by atoms with Crippen molar-refractivity contribution in [3.63, 3.8) is 0 Å². The number of ketones is 1. The van der Waals surface area contributed by atoms with Crippen LogP contribution in [-0.2, 0) is 33.3 Å². The van der Waals surface area contributed by atoms with Crippen LogP contribution >= 0.6 is 0 Å². The number of fused-ring (bicyclic) bond motifs is 7. The minimum Gasteiger partial charge on any atom is -0.481 e. The van der Waals surface area contributed by atoms with Crippen LogP contribution in [0, 0.1) is 50.2 Å². The van der Waals surface area contributed by atoms with Crippen molar-refractivity contribution < 1.29 is 79.3 Å². The largest absolute Gasteiger partial charge is 0.481 e. The molecule has 19 atom stereocenters. The summed E-state index contributed by atoms with van der Waals surface area (Å²) in [6.45, 7) is 14.9. The van der Waals surface area contributed by atoms with Crippen molar-refractivity contribution in [3.05, 3.63) is 11.6 Å². The van der Waals surface area contributed by atoms with Crippen molar-refractivity contribution in [3.8, 4) is 0 Å². The van der Waals surface area contributed by atoms with E-state index in [4.69, 9.17) is 18.9 Å². The Morgan fingerprint density at radius 3 is 2.03 bits per heavy atom. The molecule has 1 unspecified atom stereocenters. The van der Waals surface area contributed by atoms with E-state index in [9.17, 15) is 60.3 Å². The Morgan fingerprint density at radius 1 is 0.759 bits per heavy atom. The molecule has 328 valence electrons. The lowest BCUT2D eigenvalue weighted by atomic mass is 9.33. The highest BCUT2D eigenvalue weighted by Gasteiger charge is 2.71. The number of carboxylic acids is 2. The van der Waals surface area contributed by atoms with Crippen molar-refractivity contribution >= 4 is 17.7 Å². The van der Waals surface area contributed by atoms with E-state index in [1.165, 1.54) is 0 Å². The third-order valence-electron chi connectivity index (χ3n) is 17.3. The van der Waals surface area contributed by atoms with E-state index in [2.05, 4.69) is 27.7 Å². The summed E-state index contributed by atoms with van der Waals surface area (Å²) in [5, 5.41) is 93.4. The molecule has 0 amide bonds. The summed E-state index contributed by atoms with van der Waals surface area (Å²) in [4.78, 5) is 39.1. The Kier molecular flexibility index (Phi) is 11.0. The normalized spacial score (nSPS) is 52.7. The minimum atomic E-state index is -2.26. The lowest BCUT2D eigenvalue weighted by molar-refractivity contribution is -0.385. The second-order valence-electron chi connectivity index (χ2n) is 20.7. The fourth-order valence-electron chi connectivity index (χ4n) is 13.4. The summed E-state index contributed by atoms with van der Waals surface area (Å²) in [7, 11) is 0. The third kappa shape index (κ3) is 6.37. The molecule has 9 N–H and O–H groups in total. The molecule has 0 spiro atoms. The predicted octanol–water partition coefficient (Wildman–Crippen LogP) is 1.47. The molecule has 7 rings (SSSR count). The number of carbonyl (C=O) groups excluding carboxylic acids is 1. The number of ether oxygens (including phenoxy) is 4. The van der Waals surface area contributed by atoms with Crippen LogP contribution in [0.25, 0.3) is 0 Å². The molecule has 0 aromatic carbocycles. The standard InChI is InChI=1S/C42H64O16/c1-37(2)21-8-11-42(7)31(20(43)16-18-19-17-39(4,36(53)54)13-12-38(19,3)14-15-41(18,42)6)40(21,5)10-9-22(37)55-35-30(26(47)25(46)29(57-35)33(51)52)58-34-27(48)23(44)24(45)28(56-34)32(49)50/h16,19,21-31,33-35,44-48,51-52H,8-15,17H2,1-7H3,(H,49,50)(H,53,54)/t19-,21-,22-,23-,24-,25-,26-,27+,28-,29-,30+,31+,34-,35?,38+,39-,40-,41+,42+/m0/s1. The summed E-state index contributed by atoms with van der Waals surface area (Å²) in [6.07, 6.45) is -13.8. The number of carbonyl (C=O) groups is 3. The van der Waals surface area contributed by atoms with Gasteiger partial charge in [0.05, 0.1) is 11.5 Å². The van der Waals surface area contributed by atoms with E-state index in [0.717, 1.165) is 37.7 Å². The van der Waals surface area contributed by atoms with Gasteiger partial charge in [0.2, 0.25) is 0 Å². The maximum Gasteiger partial charge on any atom is 0.335 e. The number of hydrogen-bond donors (Lipinski definition) is 9. The number of rotatable bonds is 7. The monoisotopic (exact) mass is 824 g/mol. The molecule has 5 aliphatic carbocycles. The van der Waals surface area contributed by atoms with Crippen LogP contribution in [-0.4, -0.2) is 137 Å². The fourth-order valence-corrected chi connectivity index (χ4v) is 13.4. The van der Waals surface area contributed by atoms with Crippen LogP contribution in [0.1, 0.15) is 106 Å². The van der Waals surface area contributed by atoms with Gasteiger partial charge in [-0.15, -0.1) is 0 Å². The van der Waals surface area contributed by atoms with Crippen molar-refractivity contribution in [2.75, 3.05) is 0 Å². The molecule has 4 saturated carbocycles. The van der Waals surface area contributed by atoms with Crippen LogP contribution in [0.15, 0.2) is 11.6 Å². The molecular weight excluding hydrogens is 760 g/mol. The molecule has 2 aliphatic heterocycles. The van der Waals surface area contributed by atoms with Gasteiger partial charge in [-0.25, -0.2) is 4.79 Å². The summed E-state index contributed by atoms with van der Waals surface area (Å²) in [5.41, 5.74) is -1.74. The van der Waals surface area contributed by atoms with Crippen molar-refractivity contribution in [2.24, 2.45) is 50.2 Å². The van der Waals surface area contributed by atoms with Crippen LogP contribution < -0.4 is 0 Å². The van der Waals surface area contributed by atoms with E-state index in [-0.39, 0.29) is 34.4 Å². The molecular formula is C42H64O16. The van der Waals surface area contributed by atoms with Crippen LogP contribution in [0.2, 0.25) is 0 Å². The zero-order valence-corrected chi connectivity index (χ0v) is 34.5. The molecule has 0 aromatic heterocycles. The highest BCUT2D eigenvalue weighted by molar-refractivity contribution is 5.95. The Hall–Kier alpha value is -2.09. The number of hydrogen-bond acceptors (Lipinski definition) is 14. The zero-order chi connectivity index (χ0) is 42.9. The highest BCUT2D eigenvalue weighted by Crippen LogP contribution is 2.75. The number of allylic oxidation sites excluding steroid dienone is 2. The molecule has 0 bridgehead atoms. The quantitative estimate of drug-likeness (QED) is 0.130. The Bertz CT molecular complexity index is 1680. The van der Waals surface area contributed by atoms with Gasteiger partial charge < -0.3 is 64.9 Å². The molecule has 16 heteroatoms. The first-order valence-corrected chi connectivity index (χ1v) is 20.9. The topological polar surface area (TPSA) is 270 Å². The van der Waals surface area contributed by atoms with Crippen molar-refractivity contribution in [1.82, 2.24) is 0 Å². The van der Waals surface area contributed by atoms with E-state index >= 15 is 0 Å². The maximum atomic E-state index is 14.8. The van der Waals surface area contributed by atoms with Gasteiger partial charge in [-0.1, -0.05) is 47.1 Å². The van der Waals surface area contributed by atoms with E-state index in [1.807, 2.05) is 26.8 Å². The van der Waals surface area contributed by atoms with Gasteiger partial charge in [0.25, 0.3) is 0 Å². The molecule has 58 heavy (non-hydrogen) atoms. The number of carboxylic acid groups (broad SMARTS) is 2. The van der Waals surface area contributed by atoms with Crippen LogP contribution in [0.5, 0.6) is 0 Å². The first-order chi connectivity index (χ1) is 26.8. The maximum absolute atomic E-state index is 14.8. The minimum absolute atomic E-state index is 0.0156. The smallest absolute Gasteiger partial charge is 0.335 e. The lowest BCUT2D eigenvalue weighted by Crippen LogP contribution is -2.68. The Morgan fingerprint density at radius 2 is 1.41 bits per heavy atom. The number of aliphatic hydroxyl groups excluding tert-OH is 6.